The number of fused-ring (bicyclic) bond motifs is 3. The van der Waals surface area contributed by atoms with Gasteiger partial charge in [-0.05, 0) is 72.8 Å². The molecule has 2 nitrogen and oxygen atoms in total. The maximum atomic E-state index is 12.3. The molecule has 6 rings (SSSR count). The first-order valence-electron chi connectivity index (χ1n) is 11.3. The van der Waals surface area contributed by atoms with Crippen molar-refractivity contribution in [3.8, 4) is 5.69 Å². The number of benzene rings is 5. The van der Waals surface area contributed by atoms with Crippen LogP contribution in [-0.4, -0.2) is 9.46 Å². The Kier molecular flexibility index (Phi) is 5.86. The Morgan fingerprint density at radius 2 is 0.943 bits per heavy atom. The molecule has 5 aromatic carbocycles. The number of halogens is 2. The van der Waals surface area contributed by atoms with Gasteiger partial charge in [0.05, 0.1) is 11.0 Å². The first-order chi connectivity index (χ1) is 17.1. The van der Waals surface area contributed by atoms with Crippen molar-refractivity contribution in [1.29, 1.82) is 0 Å². The second kappa shape index (κ2) is 9.04. The van der Waals surface area contributed by atoms with Gasteiger partial charge >= 0.3 is 0 Å². The Labute approximate surface area is 221 Å². The normalized spacial score (nSPS) is 11.9. The van der Waals surface area contributed by atoms with E-state index in [1.165, 1.54) is 10.8 Å². The molecule has 1 aromatic heterocycles. The lowest BCUT2D eigenvalue weighted by atomic mass is 10.2. The second-order valence-electron chi connectivity index (χ2n) is 8.48. The van der Waals surface area contributed by atoms with Crippen LogP contribution in [0.4, 0.5) is 0 Å². The van der Waals surface area contributed by atoms with E-state index < -0.39 is 7.49 Å². The Morgan fingerprint density at radius 1 is 0.514 bits per heavy atom. The fourth-order valence-corrected chi connectivity index (χ4v) is 8.18. The molecule has 0 atom stereocenters. The molecule has 0 aliphatic heterocycles. The van der Waals surface area contributed by atoms with E-state index in [2.05, 4.69) is 97.1 Å². The molecule has 0 radical (unpaired) electrons. The molecule has 0 saturated carbocycles. The van der Waals surface area contributed by atoms with Crippen molar-refractivity contribution >= 4 is 77.1 Å². The number of hydrogen-bond donors (Lipinski definition) is 1. The zero-order valence-corrected chi connectivity index (χ0v) is 22.7. The summed E-state index contributed by atoms with van der Waals surface area (Å²) in [6.07, 6.45) is 0. The van der Waals surface area contributed by atoms with Crippen molar-refractivity contribution in [1.82, 2.24) is 4.57 Å². The Bertz CT molecular complexity index is 1560. The van der Waals surface area contributed by atoms with Gasteiger partial charge in [0.1, 0.15) is 15.9 Å². The van der Waals surface area contributed by atoms with E-state index in [9.17, 15) is 4.89 Å². The van der Waals surface area contributed by atoms with Gasteiger partial charge in [0.2, 0.25) is 7.49 Å². The van der Waals surface area contributed by atoms with E-state index in [4.69, 9.17) is 0 Å². The lowest BCUT2D eigenvalue weighted by molar-refractivity contribution is 0.633. The van der Waals surface area contributed by atoms with Crippen molar-refractivity contribution < 1.29 is 4.89 Å². The third-order valence-electron chi connectivity index (χ3n) is 6.43. The van der Waals surface area contributed by atoms with Crippen LogP contribution in [0.3, 0.4) is 0 Å². The highest BCUT2D eigenvalue weighted by molar-refractivity contribution is 9.10. The van der Waals surface area contributed by atoms with Crippen LogP contribution in [0.15, 0.2) is 130 Å². The van der Waals surface area contributed by atoms with E-state index in [1.54, 1.807) is 0 Å². The van der Waals surface area contributed by atoms with Crippen LogP contribution in [0.2, 0.25) is 0 Å². The number of nitrogens with zero attached hydrogens (tertiary/aromatic N) is 1. The van der Waals surface area contributed by atoms with Crippen molar-refractivity contribution in [3.05, 3.63) is 130 Å². The lowest BCUT2D eigenvalue weighted by Gasteiger charge is -2.20. The summed E-state index contributed by atoms with van der Waals surface area (Å²) in [5.74, 6) is 0. The predicted octanol–water partition coefficient (Wildman–Crippen LogP) is 7.51. The van der Waals surface area contributed by atoms with Crippen molar-refractivity contribution in [2.45, 2.75) is 0 Å². The maximum Gasteiger partial charge on any atom is 0.238 e. The first-order valence-corrected chi connectivity index (χ1v) is 14.6. The van der Waals surface area contributed by atoms with Gasteiger partial charge in [-0.15, -0.1) is 0 Å². The molecular formula is C30H21Br2NOP+. The number of aromatic nitrogens is 1. The molecule has 6 aromatic rings. The largest absolute Gasteiger partial charge is 0.309 e. The molecule has 1 heterocycles. The molecule has 0 bridgehead atoms. The molecule has 5 heteroatoms. The van der Waals surface area contributed by atoms with Crippen LogP contribution >= 0.6 is 39.3 Å². The van der Waals surface area contributed by atoms with E-state index in [1.807, 2.05) is 60.7 Å². The number of rotatable bonds is 4. The van der Waals surface area contributed by atoms with Gasteiger partial charge in [-0.25, -0.2) is 4.89 Å². The molecule has 0 saturated heterocycles. The first kappa shape index (κ1) is 22.7. The molecule has 0 spiro atoms. The molecule has 0 aliphatic carbocycles. The standard InChI is InChI=1S/C30H21Br2NOP/c31-21-11-17-27-28-18-12-22(32)20-30(28)33(29(27)19-21)23-13-15-26(16-14-23)35(34,24-7-3-1-4-8-24)25-9-5-2-6-10-25/h1-20,34H/q+1. The summed E-state index contributed by atoms with van der Waals surface area (Å²) in [7, 11) is -2.76. The lowest BCUT2D eigenvalue weighted by Crippen LogP contribution is -2.30. The van der Waals surface area contributed by atoms with Crippen LogP contribution in [0.25, 0.3) is 27.5 Å². The summed E-state index contributed by atoms with van der Waals surface area (Å²) in [4.78, 5) is 12.3. The van der Waals surface area contributed by atoms with Crippen LogP contribution < -0.4 is 15.9 Å². The van der Waals surface area contributed by atoms with E-state index in [-0.39, 0.29) is 0 Å². The summed E-state index contributed by atoms with van der Waals surface area (Å²) < 4.78 is 4.36. The summed E-state index contributed by atoms with van der Waals surface area (Å²) >= 11 is 7.30. The summed E-state index contributed by atoms with van der Waals surface area (Å²) in [6, 6.07) is 41.2. The molecule has 0 aliphatic rings. The SMILES string of the molecule is O[P+](c1ccccc1)(c1ccccc1)c1ccc(-n2c3cc(Br)ccc3c3ccc(Br)cc32)cc1. The highest BCUT2D eigenvalue weighted by atomic mass is 79.9. The van der Waals surface area contributed by atoms with Crippen molar-refractivity contribution in [2.24, 2.45) is 0 Å². The topological polar surface area (TPSA) is 25.2 Å². The van der Waals surface area contributed by atoms with Gasteiger partial charge in [-0.1, -0.05) is 80.4 Å². The average molecular weight is 602 g/mol. The highest BCUT2D eigenvalue weighted by Crippen LogP contribution is 2.51. The van der Waals surface area contributed by atoms with Crippen molar-refractivity contribution in [3.63, 3.8) is 0 Å². The van der Waals surface area contributed by atoms with Gasteiger partial charge in [-0.3, -0.25) is 0 Å². The molecule has 1 N–H and O–H groups in total. The highest BCUT2D eigenvalue weighted by Gasteiger charge is 2.44. The predicted molar refractivity (Wildman–Crippen MR) is 157 cm³/mol. The van der Waals surface area contributed by atoms with Crippen LogP contribution in [0.5, 0.6) is 0 Å². The van der Waals surface area contributed by atoms with Crippen molar-refractivity contribution in [2.75, 3.05) is 0 Å². The summed E-state index contributed by atoms with van der Waals surface area (Å²) in [5, 5.41) is 5.24. The molecule has 0 amide bonds. The summed E-state index contributed by atoms with van der Waals surface area (Å²) in [6.45, 7) is 0. The van der Waals surface area contributed by atoms with Gasteiger partial charge in [0, 0.05) is 25.4 Å². The fourth-order valence-electron chi connectivity index (χ4n) is 4.80. The third-order valence-corrected chi connectivity index (χ3v) is 10.6. The molecular weight excluding hydrogens is 581 g/mol. The second-order valence-corrected chi connectivity index (χ2v) is 13.1. The Hall–Kier alpha value is -2.75. The quantitative estimate of drug-likeness (QED) is 0.208. The Morgan fingerprint density at radius 3 is 1.40 bits per heavy atom. The minimum atomic E-state index is -2.76. The van der Waals surface area contributed by atoms with Gasteiger partial charge in [-0.2, -0.15) is 0 Å². The van der Waals surface area contributed by atoms with Crippen LogP contribution in [0, 0.1) is 0 Å². The van der Waals surface area contributed by atoms with E-state index in [0.29, 0.717) is 0 Å². The molecule has 0 fully saturated rings. The van der Waals surface area contributed by atoms with Gasteiger partial charge in [0.25, 0.3) is 0 Å². The molecule has 35 heavy (non-hydrogen) atoms. The molecule has 0 unspecified atom stereocenters. The average Bonchev–Trinajstić information content (AvgIpc) is 3.21. The van der Waals surface area contributed by atoms with Crippen LogP contribution in [-0.2, 0) is 0 Å². The Balaban J connectivity index is 1.56. The van der Waals surface area contributed by atoms with Gasteiger partial charge in [0.15, 0.2) is 0 Å². The molecule has 170 valence electrons. The van der Waals surface area contributed by atoms with Crippen LogP contribution in [0.1, 0.15) is 0 Å². The maximum absolute atomic E-state index is 12.3. The third kappa shape index (κ3) is 3.86. The summed E-state index contributed by atoms with van der Waals surface area (Å²) in [5.41, 5.74) is 3.32. The smallest absolute Gasteiger partial charge is 0.238 e. The minimum Gasteiger partial charge on any atom is -0.309 e. The zero-order chi connectivity index (χ0) is 24.0. The monoisotopic (exact) mass is 600 g/mol. The number of hydrogen-bond acceptors (Lipinski definition) is 1. The minimum absolute atomic E-state index is 0.932. The zero-order valence-electron chi connectivity index (χ0n) is 18.6. The van der Waals surface area contributed by atoms with E-state index in [0.717, 1.165) is 41.6 Å². The fraction of sp³-hybridized carbons (Fsp3) is 0. The van der Waals surface area contributed by atoms with Gasteiger partial charge < -0.3 is 4.57 Å². The van der Waals surface area contributed by atoms with E-state index >= 15 is 0 Å².